The van der Waals surface area contributed by atoms with E-state index < -0.39 is 10.0 Å². The monoisotopic (exact) mass is 302 g/mol. The van der Waals surface area contributed by atoms with E-state index in [1.54, 1.807) is 14.0 Å². The van der Waals surface area contributed by atoms with Crippen molar-refractivity contribution < 1.29 is 13.2 Å². The zero-order valence-electron chi connectivity index (χ0n) is 12.1. The van der Waals surface area contributed by atoms with Crippen molar-refractivity contribution in [3.8, 4) is 0 Å². The van der Waals surface area contributed by atoms with Crippen LogP contribution in [0.25, 0.3) is 0 Å². The third kappa shape index (κ3) is 5.40. The van der Waals surface area contributed by atoms with E-state index in [1.807, 2.05) is 6.92 Å². The molecule has 0 bridgehead atoms. The number of hydrogen-bond donors (Lipinski definition) is 2. The molecule has 0 saturated carbocycles. The van der Waals surface area contributed by atoms with Gasteiger partial charge in [0.15, 0.2) is 0 Å². The number of hydrogen-bond acceptors (Lipinski definition) is 6. The van der Waals surface area contributed by atoms with E-state index in [2.05, 4.69) is 20.0 Å². The molecule has 1 heterocycles. The van der Waals surface area contributed by atoms with E-state index in [4.69, 9.17) is 4.74 Å². The van der Waals surface area contributed by atoms with Crippen LogP contribution in [-0.2, 0) is 14.8 Å². The molecule has 0 spiro atoms. The molecule has 20 heavy (non-hydrogen) atoms. The summed E-state index contributed by atoms with van der Waals surface area (Å²) in [6.07, 6.45) is 4.15. The highest BCUT2D eigenvalue weighted by atomic mass is 32.2. The third-order valence-electron chi connectivity index (χ3n) is 2.58. The fraction of sp³-hybridized carbons (Fsp3) is 0.667. The second kappa shape index (κ2) is 8.13. The number of methoxy groups -OCH3 is 1. The number of aromatic nitrogens is 2. The highest BCUT2D eigenvalue weighted by molar-refractivity contribution is 7.89. The lowest BCUT2D eigenvalue weighted by Gasteiger charge is -2.13. The molecule has 8 heteroatoms. The molecule has 2 N–H and O–H groups in total. The first-order valence-electron chi connectivity index (χ1n) is 6.56. The first-order chi connectivity index (χ1) is 9.49. The summed E-state index contributed by atoms with van der Waals surface area (Å²) in [4.78, 5) is 8.03. The molecule has 1 aromatic heterocycles. The molecular weight excluding hydrogens is 280 g/mol. The Morgan fingerprint density at radius 3 is 2.55 bits per heavy atom. The molecular formula is C12H22N4O3S. The normalized spacial score (nSPS) is 13.2. The molecule has 0 aromatic carbocycles. The third-order valence-corrected chi connectivity index (χ3v) is 4.13. The molecule has 0 aliphatic rings. The van der Waals surface area contributed by atoms with Gasteiger partial charge >= 0.3 is 0 Å². The molecule has 0 aliphatic carbocycles. The van der Waals surface area contributed by atoms with Crippen molar-refractivity contribution in [2.24, 2.45) is 0 Å². The van der Waals surface area contributed by atoms with Crippen molar-refractivity contribution in [1.82, 2.24) is 14.7 Å². The molecule has 1 aromatic rings. The topological polar surface area (TPSA) is 93.2 Å². The maximum absolute atomic E-state index is 12.1. The number of sulfonamides is 1. The fourth-order valence-corrected chi connectivity index (χ4v) is 2.64. The Morgan fingerprint density at radius 1 is 1.35 bits per heavy atom. The Hall–Kier alpha value is -1.25. The maximum atomic E-state index is 12.1. The van der Waals surface area contributed by atoms with Gasteiger partial charge in [-0.2, -0.15) is 0 Å². The van der Waals surface area contributed by atoms with E-state index in [-0.39, 0.29) is 10.9 Å². The van der Waals surface area contributed by atoms with Crippen molar-refractivity contribution in [2.45, 2.75) is 37.6 Å². The predicted octanol–water partition coefficient (Wildman–Crippen LogP) is 1.00. The lowest BCUT2D eigenvalue weighted by atomic mass is 10.3. The van der Waals surface area contributed by atoms with Gasteiger partial charge in [-0.1, -0.05) is 6.92 Å². The summed E-state index contributed by atoms with van der Waals surface area (Å²) in [7, 11) is -2.01. The standard InChI is InChI=1S/C12H22N4O3S/c1-4-6-13-12-14-8-11(9-15-12)20(17,18)16-10(2)5-7-19-3/h8-10,16H,4-7H2,1-3H3,(H,13,14,15). The van der Waals surface area contributed by atoms with Crippen LogP contribution in [0.2, 0.25) is 0 Å². The zero-order chi connectivity index (χ0) is 15.0. The molecule has 1 rings (SSSR count). The summed E-state index contributed by atoms with van der Waals surface area (Å²) in [5, 5.41) is 2.99. The van der Waals surface area contributed by atoms with Gasteiger partial charge in [-0.05, 0) is 19.8 Å². The SMILES string of the molecule is CCCNc1ncc(S(=O)(=O)NC(C)CCOC)cn1. The number of anilines is 1. The average Bonchev–Trinajstić information content (AvgIpc) is 2.43. The van der Waals surface area contributed by atoms with Gasteiger partial charge in [0.1, 0.15) is 4.90 Å². The fourth-order valence-electron chi connectivity index (χ4n) is 1.47. The Balaban J connectivity index is 2.67. The first-order valence-corrected chi connectivity index (χ1v) is 8.05. The summed E-state index contributed by atoms with van der Waals surface area (Å²) in [6.45, 7) is 5.06. The van der Waals surface area contributed by atoms with Gasteiger partial charge in [0, 0.05) is 26.3 Å². The number of ether oxygens (including phenoxy) is 1. The van der Waals surface area contributed by atoms with Crippen LogP contribution in [0.4, 0.5) is 5.95 Å². The van der Waals surface area contributed by atoms with Gasteiger partial charge in [0.25, 0.3) is 0 Å². The molecule has 0 radical (unpaired) electrons. The van der Waals surface area contributed by atoms with Gasteiger partial charge in [-0.3, -0.25) is 0 Å². The smallest absolute Gasteiger partial charge is 0.243 e. The average molecular weight is 302 g/mol. The highest BCUT2D eigenvalue weighted by Gasteiger charge is 2.18. The van der Waals surface area contributed by atoms with Crippen LogP contribution in [0.15, 0.2) is 17.3 Å². The van der Waals surface area contributed by atoms with Crippen LogP contribution in [0.5, 0.6) is 0 Å². The summed E-state index contributed by atoms with van der Waals surface area (Å²) < 4.78 is 31.6. The molecule has 114 valence electrons. The van der Waals surface area contributed by atoms with Crippen LogP contribution in [0.3, 0.4) is 0 Å². The summed E-state index contributed by atoms with van der Waals surface area (Å²) in [5.41, 5.74) is 0. The predicted molar refractivity (Wildman–Crippen MR) is 77.1 cm³/mol. The second-order valence-electron chi connectivity index (χ2n) is 4.47. The van der Waals surface area contributed by atoms with E-state index in [0.29, 0.717) is 19.0 Å². The molecule has 0 aliphatic heterocycles. The van der Waals surface area contributed by atoms with Crippen molar-refractivity contribution in [1.29, 1.82) is 0 Å². The Bertz CT molecular complexity index is 490. The van der Waals surface area contributed by atoms with Gasteiger partial charge in [-0.25, -0.2) is 23.1 Å². The molecule has 0 fully saturated rings. The maximum Gasteiger partial charge on any atom is 0.243 e. The molecule has 0 saturated heterocycles. The van der Waals surface area contributed by atoms with Crippen molar-refractivity contribution in [3.63, 3.8) is 0 Å². The van der Waals surface area contributed by atoms with Crippen LogP contribution in [0.1, 0.15) is 26.7 Å². The summed E-state index contributed by atoms with van der Waals surface area (Å²) in [5.74, 6) is 0.429. The van der Waals surface area contributed by atoms with E-state index in [9.17, 15) is 8.42 Å². The van der Waals surface area contributed by atoms with Crippen LogP contribution in [0, 0.1) is 0 Å². The van der Waals surface area contributed by atoms with Crippen LogP contribution < -0.4 is 10.0 Å². The second-order valence-corrected chi connectivity index (χ2v) is 6.19. The van der Waals surface area contributed by atoms with Crippen LogP contribution in [-0.4, -0.2) is 44.7 Å². The van der Waals surface area contributed by atoms with Gasteiger partial charge in [0.05, 0.1) is 12.4 Å². The zero-order valence-corrected chi connectivity index (χ0v) is 12.9. The Labute approximate surface area is 120 Å². The molecule has 7 nitrogen and oxygen atoms in total. The van der Waals surface area contributed by atoms with Crippen molar-refractivity contribution in [3.05, 3.63) is 12.4 Å². The summed E-state index contributed by atoms with van der Waals surface area (Å²) in [6, 6.07) is -0.210. The lowest BCUT2D eigenvalue weighted by Crippen LogP contribution is -2.33. The Morgan fingerprint density at radius 2 is 2.00 bits per heavy atom. The minimum atomic E-state index is -3.59. The quantitative estimate of drug-likeness (QED) is 0.707. The van der Waals surface area contributed by atoms with E-state index in [0.717, 1.165) is 13.0 Å². The molecule has 1 atom stereocenters. The number of rotatable bonds is 9. The molecule has 0 amide bonds. The lowest BCUT2D eigenvalue weighted by molar-refractivity contribution is 0.188. The van der Waals surface area contributed by atoms with Crippen molar-refractivity contribution >= 4 is 16.0 Å². The highest BCUT2D eigenvalue weighted by Crippen LogP contribution is 2.09. The first kappa shape index (κ1) is 16.8. The van der Waals surface area contributed by atoms with E-state index >= 15 is 0 Å². The number of nitrogens with one attached hydrogen (secondary N) is 2. The van der Waals surface area contributed by atoms with E-state index in [1.165, 1.54) is 12.4 Å². The molecule has 1 unspecified atom stereocenters. The largest absolute Gasteiger partial charge is 0.385 e. The van der Waals surface area contributed by atoms with Gasteiger partial charge in [-0.15, -0.1) is 0 Å². The van der Waals surface area contributed by atoms with Gasteiger partial charge in [0.2, 0.25) is 16.0 Å². The van der Waals surface area contributed by atoms with Crippen molar-refractivity contribution in [2.75, 3.05) is 25.6 Å². The Kier molecular flexibility index (Phi) is 6.83. The van der Waals surface area contributed by atoms with Crippen LogP contribution >= 0.6 is 0 Å². The minimum Gasteiger partial charge on any atom is -0.385 e. The minimum absolute atomic E-state index is 0.0591. The number of nitrogens with zero attached hydrogens (tertiary/aromatic N) is 2. The van der Waals surface area contributed by atoms with Gasteiger partial charge < -0.3 is 10.1 Å². The summed E-state index contributed by atoms with van der Waals surface area (Å²) >= 11 is 0.